The lowest BCUT2D eigenvalue weighted by atomic mass is 10.0. The number of methoxy groups -OCH3 is 1. The maximum absolute atomic E-state index is 13.9. The number of amidine groups is 1. The van der Waals surface area contributed by atoms with Crippen molar-refractivity contribution >= 4 is 63.4 Å². The first kappa shape index (κ1) is 28.9. The summed E-state index contributed by atoms with van der Waals surface area (Å²) in [5.41, 5.74) is 0.326. The fourth-order valence-electron chi connectivity index (χ4n) is 4.07. The number of hydrogen-bond acceptors (Lipinski definition) is 9. The second-order valence-corrected chi connectivity index (χ2v) is 12.0. The second kappa shape index (κ2) is 11.9. The molecule has 0 radical (unpaired) electrons. The van der Waals surface area contributed by atoms with E-state index >= 15 is 0 Å². The number of halogens is 3. The minimum Gasteiger partial charge on any atom is -0.468 e. The summed E-state index contributed by atoms with van der Waals surface area (Å²) in [5, 5.41) is 2.48. The van der Waals surface area contributed by atoms with E-state index < -0.39 is 35.6 Å². The minimum atomic E-state index is -0.785. The lowest BCUT2D eigenvalue weighted by Gasteiger charge is -2.39. The van der Waals surface area contributed by atoms with Gasteiger partial charge in [0.15, 0.2) is 10.8 Å². The molecule has 2 aliphatic rings. The van der Waals surface area contributed by atoms with Gasteiger partial charge in [-0.2, -0.15) is 0 Å². The summed E-state index contributed by atoms with van der Waals surface area (Å²) in [6.45, 7) is 6.51. The molecule has 0 saturated carbocycles. The van der Waals surface area contributed by atoms with Gasteiger partial charge in [0.25, 0.3) is 0 Å². The quantitative estimate of drug-likeness (QED) is 0.318. The van der Waals surface area contributed by atoms with Gasteiger partial charge in [-0.25, -0.2) is 19.1 Å². The molecule has 9 nitrogen and oxygen atoms in total. The number of amides is 1. The summed E-state index contributed by atoms with van der Waals surface area (Å²) in [6.07, 6.45) is 0.982. The van der Waals surface area contributed by atoms with Gasteiger partial charge in [-0.1, -0.05) is 17.7 Å². The summed E-state index contributed by atoms with van der Waals surface area (Å²) in [6, 6.07) is 2.82. The monoisotopic (exact) mass is 676 g/mol. The zero-order valence-corrected chi connectivity index (χ0v) is 25.0. The Morgan fingerprint density at radius 1 is 1.34 bits per heavy atom. The maximum atomic E-state index is 13.9. The molecule has 204 valence electrons. The Morgan fingerprint density at radius 2 is 2.11 bits per heavy atom. The summed E-state index contributed by atoms with van der Waals surface area (Å²) in [4.78, 5) is 38.9. The van der Waals surface area contributed by atoms with Crippen LogP contribution in [0.25, 0.3) is 0 Å². The number of benzene rings is 1. The lowest BCUT2D eigenvalue weighted by molar-refractivity contribution is -0.152. The first-order chi connectivity index (χ1) is 18.0. The first-order valence-corrected chi connectivity index (χ1v) is 14.1. The van der Waals surface area contributed by atoms with Crippen LogP contribution in [-0.4, -0.2) is 77.7 Å². The Labute approximate surface area is 242 Å². The van der Waals surface area contributed by atoms with Crippen LogP contribution in [-0.2, 0) is 19.0 Å². The molecule has 13 heteroatoms. The van der Waals surface area contributed by atoms with Crippen LogP contribution < -0.4 is 0 Å². The van der Waals surface area contributed by atoms with Crippen molar-refractivity contribution in [2.75, 3.05) is 33.4 Å². The Balaban J connectivity index is 1.87. The third kappa shape index (κ3) is 6.36. The molecule has 2 aromatic rings. The molecule has 1 fully saturated rings. The highest BCUT2D eigenvalue weighted by Crippen LogP contribution is 2.42. The smallest absolute Gasteiger partial charge is 0.420 e. The number of morpholine rings is 1. The standard InChI is InChI=1S/C25H27ClFIN4O5S/c1-25(2,3)37-24(34)32-17(12-31-8-9-36-13-18(31)23(33)35-4)19(28)20(15-6-5-14(27)11-16(15)26)30-21(32)22-29-7-10-38-22/h5-7,10-11,18,20H,8-9,12-13H2,1-4H3/t18-,20?/m0/s1. The third-order valence-corrected chi connectivity index (χ3v) is 8.08. The average Bonchev–Trinajstić information content (AvgIpc) is 3.39. The second-order valence-electron chi connectivity index (χ2n) is 9.55. The predicted octanol–water partition coefficient (Wildman–Crippen LogP) is 5.19. The van der Waals surface area contributed by atoms with Crippen LogP contribution in [0.15, 0.2) is 44.0 Å². The highest BCUT2D eigenvalue weighted by molar-refractivity contribution is 14.1. The van der Waals surface area contributed by atoms with Crippen LogP contribution in [0.4, 0.5) is 9.18 Å². The molecule has 4 rings (SSSR count). The molecule has 1 aromatic carbocycles. The summed E-state index contributed by atoms with van der Waals surface area (Å²) in [5.74, 6) is -0.632. The molecular weight excluding hydrogens is 650 g/mol. The van der Waals surface area contributed by atoms with Gasteiger partial charge in [-0.3, -0.25) is 14.7 Å². The van der Waals surface area contributed by atoms with E-state index in [2.05, 4.69) is 27.6 Å². The largest absolute Gasteiger partial charge is 0.468 e. The molecule has 0 bridgehead atoms. The zero-order valence-electron chi connectivity index (χ0n) is 21.2. The first-order valence-electron chi connectivity index (χ1n) is 11.7. The third-order valence-electron chi connectivity index (χ3n) is 5.77. The van der Waals surface area contributed by atoms with Crippen LogP contribution >= 0.6 is 45.5 Å². The molecular formula is C25H27ClFIN4O5S. The number of ether oxygens (including phenoxy) is 3. The van der Waals surface area contributed by atoms with E-state index in [-0.39, 0.29) is 24.0 Å². The molecule has 0 spiro atoms. The van der Waals surface area contributed by atoms with Gasteiger partial charge in [0, 0.05) is 38.8 Å². The normalized spacial score (nSPS) is 20.8. The van der Waals surface area contributed by atoms with Gasteiger partial charge in [-0.15, -0.1) is 11.3 Å². The number of carbonyl (C=O) groups is 2. The number of aliphatic imine (C=N–C) groups is 1. The van der Waals surface area contributed by atoms with E-state index in [1.165, 1.54) is 35.5 Å². The lowest BCUT2D eigenvalue weighted by Crippen LogP contribution is -2.53. The Kier molecular flexibility index (Phi) is 9.07. The van der Waals surface area contributed by atoms with Gasteiger partial charge in [-0.05, 0) is 55.5 Å². The highest BCUT2D eigenvalue weighted by Gasteiger charge is 2.41. The van der Waals surface area contributed by atoms with Gasteiger partial charge < -0.3 is 14.2 Å². The van der Waals surface area contributed by atoms with E-state index in [0.29, 0.717) is 33.0 Å². The summed E-state index contributed by atoms with van der Waals surface area (Å²) in [7, 11) is 1.32. The van der Waals surface area contributed by atoms with Crippen LogP contribution in [0.3, 0.4) is 0 Å². The average molecular weight is 677 g/mol. The topological polar surface area (TPSA) is 93.6 Å². The predicted molar refractivity (Wildman–Crippen MR) is 150 cm³/mol. The number of esters is 1. The van der Waals surface area contributed by atoms with Crippen molar-refractivity contribution in [2.45, 2.75) is 38.5 Å². The van der Waals surface area contributed by atoms with Crippen molar-refractivity contribution in [3.8, 4) is 0 Å². The van der Waals surface area contributed by atoms with Gasteiger partial charge >= 0.3 is 12.1 Å². The zero-order chi connectivity index (χ0) is 27.6. The SMILES string of the molecule is COC(=O)[C@@H]1COCCN1CC1=C(I)C(c2ccc(F)cc2Cl)N=C(c2nccs2)N1C(=O)OC(C)(C)C. The van der Waals surface area contributed by atoms with Gasteiger partial charge in [0.1, 0.15) is 23.5 Å². The van der Waals surface area contributed by atoms with Crippen molar-refractivity contribution < 1.29 is 28.2 Å². The minimum absolute atomic E-state index is 0.156. The molecule has 0 N–H and O–H groups in total. The van der Waals surface area contributed by atoms with E-state index in [4.69, 9.17) is 30.8 Å². The Bertz CT molecular complexity index is 1270. The summed E-state index contributed by atoms with van der Waals surface area (Å²) >= 11 is 9.92. The van der Waals surface area contributed by atoms with Crippen LogP contribution in [0, 0.1) is 5.82 Å². The fourth-order valence-corrected chi connectivity index (χ4v) is 5.85. The molecule has 1 unspecified atom stereocenters. The van der Waals surface area contributed by atoms with E-state index in [9.17, 15) is 14.0 Å². The number of aromatic nitrogens is 1. The number of carbonyl (C=O) groups excluding carboxylic acids is 2. The van der Waals surface area contributed by atoms with Crippen LogP contribution in [0.2, 0.25) is 5.02 Å². The number of nitrogens with zero attached hydrogens (tertiary/aromatic N) is 4. The number of rotatable bonds is 5. The molecule has 38 heavy (non-hydrogen) atoms. The van der Waals surface area contributed by atoms with Crippen molar-refractivity contribution in [2.24, 2.45) is 4.99 Å². The van der Waals surface area contributed by atoms with Gasteiger partial charge in [0.2, 0.25) is 0 Å². The van der Waals surface area contributed by atoms with E-state index in [0.717, 1.165) is 0 Å². The van der Waals surface area contributed by atoms with E-state index in [1.807, 2.05) is 4.90 Å². The van der Waals surface area contributed by atoms with Crippen molar-refractivity contribution in [3.05, 3.63) is 60.5 Å². The number of hydrogen-bond donors (Lipinski definition) is 0. The molecule has 1 saturated heterocycles. The van der Waals surface area contributed by atoms with Crippen molar-refractivity contribution in [3.63, 3.8) is 0 Å². The molecule has 1 aromatic heterocycles. The number of thiazole rings is 1. The maximum Gasteiger partial charge on any atom is 0.420 e. The Morgan fingerprint density at radius 3 is 2.74 bits per heavy atom. The van der Waals surface area contributed by atoms with Gasteiger partial charge in [0.05, 0.1) is 26.0 Å². The van der Waals surface area contributed by atoms with Crippen LogP contribution in [0.5, 0.6) is 0 Å². The molecule has 3 heterocycles. The summed E-state index contributed by atoms with van der Waals surface area (Å²) < 4.78 is 30.9. The highest BCUT2D eigenvalue weighted by atomic mass is 127. The molecule has 0 aliphatic carbocycles. The van der Waals surface area contributed by atoms with Crippen molar-refractivity contribution in [1.29, 1.82) is 0 Å². The molecule has 1 amide bonds. The molecule has 2 aliphatic heterocycles. The molecule has 2 atom stereocenters. The fraction of sp³-hybridized carbons (Fsp3) is 0.440. The van der Waals surface area contributed by atoms with Crippen LogP contribution in [0.1, 0.15) is 37.4 Å². The van der Waals surface area contributed by atoms with E-state index in [1.54, 1.807) is 38.4 Å². The van der Waals surface area contributed by atoms with Crippen molar-refractivity contribution in [1.82, 2.24) is 14.8 Å². The Hall–Kier alpha value is -2.13.